The summed E-state index contributed by atoms with van der Waals surface area (Å²) in [5, 5.41) is 0. The summed E-state index contributed by atoms with van der Waals surface area (Å²) < 4.78 is 16.9. The van der Waals surface area contributed by atoms with Gasteiger partial charge in [-0.25, -0.2) is 9.37 Å². The molecule has 1 saturated heterocycles. The molecular formula is C28H29FN4O2. The molecule has 1 fully saturated rings. The highest BCUT2D eigenvalue weighted by molar-refractivity contribution is 5.97. The normalized spacial score (nSPS) is 15.0. The van der Waals surface area contributed by atoms with Crippen LogP contribution >= 0.6 is 0 Å². The van der Waals surface area contributed by atoms with Gasteiger partial charge in [0.05, 0.1) is 6.54 Å². The largest absolute Gasteiger partial charge is 0.310 e. The van der Waals surface area contributed by atoms with Crippen molar-refractivity contribution in [3.05, 3.63) is 106 Å². The number of nitrogens with zero attached hydrogens (tertiary/aromatic N) is 4. The van der Waals surface area contributed by atoms with Crippen molar-refractivity contribution in [3.8, 4) is 0 Å². The standard InChI is InChI=1S/C28H29FN4O2/c1-20-18-33-27(35)24(17-30-28(33)32(20)19-21-5-3-2-4-6-21)13-16-31-14-11-23(12-15-31)26(34)22-7-9-25(29)10-8-22/h2-10,17-18,23H,11-16,19H2,1H3. The zero-order chi connectivity index (χ0) is 24.4. The lowest BCUT2D eigenvalue weighted by atomic mass is 9.89. The van der Waals surface area contributed by atoms with Gasteiger partial charge in [0.2, 0.25) is 5.78 Å². The second-order valence-electron chi connectivity index (χ2n) is 9.34. The maximum Gasteiger partial charge on any atom is 0.262 e. The molecule has 1 aliphatic rings. The zero-order valence-electron chi connectivity index (χ0n) is 19.9. The van der Waals surface area contributed by atoms with Crippen molar-refractivity contribution in [3.63, 3.8) is 0 Å². The first kappa shape index (κ1) is 23.2. The highest BCUT2D eigenvalue weighted by Gasteiger charge is 2.26. The highest BCUT2D eigenvalue weighted by atomic mass is 19.1. The van der Waals surface area contributed by atoms with E-state index in [0.29, 0.717) is 29.9 Å². The van der Waals surface area contributed by atoms with Crippen LogP contribution in [0.15, 0.2) is 71.8 Å². The topological polar surface area (TPSA) is 59.6 Å². The number of carbonyl (C=O) groups is 1. The van der Waals surface area contributed by atoms with E-state index < -0.39 is 0 Å². The van der Waals surface area contributed by atoms with Crippen LogP contribution in [0.3, 0.4) is 0 Å². The number of benzene rings is 2. The average molecular weight is 473 g/mol. The molecule has 2 aromatic carbocycles. The summed E-state index contributed by atoms with van der Waals surface area (Å²) in [6.45, 7) is 5.03. The third-order valence-electron chi connectivity index (χ3n) is 7.00. The summed E-state index contributed by atoms with van der Waals surface area (Å²) in [4.78, 5) is 32.8. The lowest BCUT2D eigenvalue weighted by Crippen LogP contribution is -2.38. The van der Waals surface area contributed by atoms with E-state index in [1.54, 1.807) is 22.7 Å². The Kier molecular flexibility index (Phi) is 6.59. The molecule has 0 aliphatic carbocycles. The second kappa shape index (κ2) is 9.96. The smallest absolute Gasteiger partial charge is 0.262 e. The van der Waals surface area contributed by atoms with Crippen molar-refractivity contribution in [1.82, 2.24) is 18.9 Å². The maximum atomic E-state index is 13.2. The molecule has 0 radical (unpaired) electrons. The molecule has 3 heterocycles. The van der Waals surface area contributed by atoms with Crippen LogP contribution in [0.1, 0.15) is 40.0 Å². The second-order valence-corrected chi connectivity index (χ2v) is 9.34. The van der Waals surface area contributed by atoms with Crippen LogP contribution in [0.4, 0.5) is 4.39 Å². The number of ketones is 1. The van der Waals surface area contributed by atoms with Gasteiger partial charge in [0.1, 0.15) is 5.82 Å². The minimum Gasteiger partial charge on any atom is -0.310 e. The van der Waals surface area contributed by atoms with Crippen LogP contribution in [0.2, 0.25) is 0 Å². The fourth-order valence-electron chi connectivity index (χ4n) is 4.91. The van der Waals surface area contributed by atoms with Gasteiger partial charge < -0.3 is 9.47 Å². The molecule has 4 aromatic rings. The first-order chi connectivity index (χ1) is 17.0. The van der Waals surface area contributed by atoms with Crippen LogP contribution in [0.5, 0.6) is 0 Å². The van der Waals surface area contributed by atoms with Gasteiger partial charge >= 0.3 is 0 Å². The molecule has 35 heavy (non-hydrogen) atoms. The third kappa shape index (κ3) is 4.95. The number of aromatic nitrogens is 3. The number of imidazole rings is 1. The molecule has 1 aliphatic heterocycles. The number of rotatable bonds is 7. The van der Waals surface area contributed by atoms with E-state index in [-0.39, 0.29) is 23.1 Å². The monoisotopic (exact) mass is 472 g/mol. The molecule has 6 nitrogen and oxygen atoms in total. The Morgan fingerprint density at radius 1 is 1.06 bits per heavy atom. The Hall–Kier alpha value is -3.58. The summed E-state index contributed by atoms with van der Waals surface area (Å²) in [5.41, 5.74) is 3.40. The fraction of sp³-hybridized carbons (Fsp3) is 0.321. The molecule has 5 rings (SSSR count). The summed E-state index contributed by atoms with van der Waals surface area (Å²) in [5.74, 6) is 0.378. The predicted octanol–water partition coefficient (Wildman–Crippen LogP) is 4.13. The number of hydrogen-bond acceptors (Lipinski definition) is 4. The van der Waals surface area contributed by atoms with Crippen molar-refractivity contribution >= 4 is 11.6 Å². The third-order valence-corrected chi connectivity index (χ3v) is 7.00. The average Bonchev–Trinajstić information content (AvgIpc) is 3.20. The molecule has 0 saturated carbocycles. The first-order valence-electron chi connectivity index (χ1n) is 12.1. The molecule has 0 spiro atoms. The predicted molar refractivity (Wildman–Crippen MR) is 133 cm³/mol. The first-order valence-corrected chi connectivity index (χ1v) is 12.1. The minimum absolute atomic E-state index is 0.0220. The van der Waals surface area contributed by atoms with Crippen molar-refractivity contribution in [2.75, 3.05) is 19.6 Å². The zero-order valence-corrected chi connectivity index (χ0v) is 19.9. The minimum atomic E-state index is -0.331. The number of hydrogen-bond donors (Lipinski definition) is 0. The molecule has 180 valence electrons. The molecule has 7 heteroatoms. The van der Waals surface area contributed by atoms with Gasteiger partial charge in [0.25, 0.3) is 5.56 Å². The van der Waals surface area contributed by atoms with Crippen LogP contribution < -0.4 is 5.56 Å². The van der Waals surface area contributed by atoms with E-state index in [1.165, 1.54) is 12.1 Å². The summed E-state index contributed by atoms with van der Waals surface area (Å²) in [6, 6.07) is 15.9. The Morgan fingerprint density at radius 3 is 2.49 bits per heavy atom. The van der Waals surface area contributed by atoms with Crippen molar-refractivity contribution in [2.45, 2.75) is 32.7 Å². The van der Waals surface area contributed by atoms with Gasteiger partial charge in [-0.3, -0.25) is 14.0 Å². The van der Waals surface area contributed by atoms with Gasteiger partial charge in [0, 0.05) is 41.7 Å². The number of Topliss-reactive ketones (excluding diaryl/α,β-unsaturated/α-hetero) is 1. The van der Waals surface area contributed by atoms with E-state index in [4.69, 9.17) is 0 Å². The van der Waals surface area contributed by atoms with Gasteiger partial charge in [-0.2, -0.15) is 0 Å². The summed E-state index contributed by atoms with van der Waals surface area (Å²) in [7, 11) is 0. The molecule has 0 unspecified atom stereocenters. The Bertz CT molecular complexity index is 1380. The summed E-state index contributed by atoms with van der Waals surface area (Å²) >= 11 is 0. The lowest BCUT2D eigenvalue weighted by Gasteiger charge is -2.31. The number of halogens is 1. The van der Waals surface area contributed by atoms with Gasteiger partial charge in [-0.1, -0.05) is 30.3 Å². The van der Waals surface area contributed by atoms with Gasteiger partial charge in [0.15, 0.2) is 5.78 Å². The van der Waals surface area contributed by atoms with Gasteiger partial charge in [-0.15, -0.1) is 0 Å². The van der Waals surface area contributed by atoms with E-state index in [0.717, 1.165) is 43.7 Å². The van der Waals surface area contributed by atoms with E-state index in [9.17, 15) is 14.0 Å². The molecule has 0 amide bonds. The van der Waals surface area contributed by atoms with Crippen LogP contribution in [0.25, 0.3) is 5.78 Å². The lowest BCUT2D eigenvalue weighted by molar-refractivity contribution is 0.0841. The number of fused-ring (bicyclic) bond motifs is 1. The molecule has 0 bridgehead atoms. The fourth-order valence-corrected chi connectivity index (χ4v) is 4.91. The van der Waals surface area contributed by atoms with E-state index in [1.807, 2.05) is 31.3 Å². The van der Waals surface area contributed by atoms with Crippen LogP contribution in [-0.2, 0) is 13.0 Å². The highest BCUT2D eigenvalue weighted by Crippen LogP contribution is 2.22. The summed E-state index contributed by atoms with van der Waals surface area (Å²) in [6.07, 6.45) is 5.74. The number of carbonyl (C=O) groups excluding carboxylic acids is 1. The Morgan fingerprint density at radius 2 is 1.77 bits per heavy atom. The maximum absolute atomic E-state index is 13.2. The SMILES string of the molecule is Cc1cn2c(=O)c(CCN3CCC(C(=O)c4ccc(F)cc4)CC3)cnc2n1Cc1ccccc1. The number of likely N-dealkylation sites (tertiary alicyclic amines) is 1. The van der Waals surface area contributed by atoms with Crippen molar-refractivity contribution in [2.24, 2.45) is 5.92 Å². The molecule has 2 aromatic heterocycles. The Labute approximate surface area is 203 Å². The Balaban J connectivity index is 1.21. The quantitative estimate of drug-likeness (QED) is 0.380. The van der Waals surface area contributed by atoms with Crippen molar-refractivity contribution in [1.29, 1.82) is 0 Å². The van der Waals surface area contributed by atoms with Crippen LogP contribution in [0, 0.1) is 18.7 Å². The molecular weight excluding hydrogens is 443 g/mol. The molecule has 0 atom stereocenters. The van der Waals surface area contributed by atoms with E-state index in [2.05, 4.69) is 26.6 Å². The van der Waals surface area contributed by atoms with Crippen molar-refractivity contribution < 1.29 is 9.18 Å². The van der Waals surface area contributed by atoms with E-state index >= 15 is 0 Å². The van der Waals surface area contributed by atoms with Crippen LogP contribution in [-0.4, -0.2) is 44.3 Å². The number of aryl methyl sites for hydroxylation is 1. The molecule has 0 N–H and O–H groups in total. The number of piperidine rings is 1. The van der Waals surface area contributed by atoms with Gasteiger partial charge in [-0.05, 0) is 69.1 Å².